The first-order valence-electron chi connectivity index (χ1n) is 3.76. The zero-order valence-electron chi connectivity index (χ0n) is 6.75. The van der Waals surface area contributed by atoms with E-state index in [1.165, 1.54) is 0 Å². The van der Waals surface area contributed by atoms with Crippen molar-refractivity contribution in [3.63, 3.8) is 0 Å². The summed E-state index contributed by atoms with van der Waals surface area (Å²) in [4.78, 5) is 11.2. The molecule has 0 spiro atoms. The van der Waals surface area contributed by atoms with Crippen LogP contribution in [0.15, 0.2) is 12.1 Å². The number of aromatic nitrogens is 2. The average Bonchev–Trinajstić information content (AvgIpc) is 2.06. The summed E-state index contributed by atoms with van der Waals surface area (Å²) in [6.07, 6.45) is 1.33. The van der Waals surface area contributed by atoms with E-state index < -0.39 is 0 Å². The van der Waals surface area contributed by atoms with Gasteiger partial charge in [-0.1, -0.05) is 18.5 Å². The SMILES string of the molecule is CCCC(=O)c1ccc(Cl)nn1. The zero-order valence-corrected chi connectivity index (χ0v) is 7.51. The number of carbonyl (C=O) groups is 1. The molecule has 1 aromatic heterocycles. The number of carbonyl (C=O) groups excluding carboxylic acids is 1. The molecule has 64 valence electrons. The lowest BCUT2D eigenvalue weighted by Crippen LogP contribution is -2.02. The van der Waals surface area contributed by atoms with Gasteiger partial charge in [-0.25, -0.2) is 0 Å². The van der Waals surface area contributed by atoms with E-state index in [4.69, 9.17) is 11.6 Å². The number of halogens is 1. The Morgan fingerprint density at radius 3 is 2.75 bits per heavy atom. The molecule has 1 heterocycles. The maximum Gasteiger partial charge on any atom is 0.183 e. The molecule has 1 rings (SSSR count). The Morgan fingerprint density at radius 1 is 1.50 bits per heavy atom. The van der Waals surface area contributed by atoms with Gasteiger partial charge in [0, 0.05) is 6.42 Å². The second-order valence-corrected chi connectivity index (χ2v) is 2.80. The van der Waals surface area contributed by atoms with Gasteiger partial charge in [0.2, 0.25) is 0 Å². The third-order valence-corrected chi connectivity index (χ3v) is 1.60. The van der Waals surface area contributed by atoms with E-state index in [2.05, 4.69) is 10.2 Å². The Kier molecular flexibility index (Phi) is 3.17. The number of Topliss-reactive ketones (excluding diaryl/α,β-unsaturated/α-hetero) is 1. The molecule has 0 aliphatic rings. The molecule has 0 N–H and O–H groups in total. The van der Waals surface area contributed by atoms with Gasteiger partial charge in [-0.2, -0.15) is 0 Å². The molecule has 0 radical (unpaired) electrons. The van der Waals surface area contributed by atoms with Crippen LogP contribution in [0, 0.1) is 0 Å². The van der Waals surface area contributed by atoms with Gasteiger partial charge in [0.15, 0.2) is 10.9 Å². The number of hydrogen-bond acceptors (Lipinski definition) is 3. The fraction of sp³-hybridized carbons (Fsp3) is 0.375. The van der Waals surface area contributed by atoms with Crippen molar-refractivity contribution in [2.45, 2.75) is 19.8 Å². The molecule has 12 heavy (non-hydrogen) atoms. The van der Waals surface area contributed by atoms with E-state index in [0.29, 0.717) is 17.3 Å². The Hall–Kier alpha value is -0.960. The van der Waals surface area contributed by atoms with Crippen molar-refractivity contribution in [2.24, 2.45) is 0 Å². The van der Waals surface area contributed by atoms with Gasteiger partial charge in [-0.3, -0.25) is 4.79 Å². The molecule has 1 aromatic rings. The smallest absolute Gasteiger partial charge is 0.183 e. The second-order valence-electron chi connectivity index (χ2n) is 2.41. The highest BCUT2D eigenvalue weighted by molar-refractivity contribution is 6.29. The van der Waals surface area contributed by atoms with Crippen LogP contribution in [0.25, 0.3) is 0 Å². The Balaban J connectivity index is 2.75. The van der Waals surface area contributed by atoms with Crippen LogP contribution in [-0.4, -0.2) is 16.0 Å². The van der Waals surface area contributed by atoms with Gasteiger partial charge in [0.1, 0.15) is 5.69 Å². The fourth-order valence-electron chi connectivity index (χ4n) is 0.820. The summed E-state index contributed by atoms with van der Waals surface area (Å²) in [5.41, 5.74) is 0.390. The van der Waals surface area contributed by atoms with Crippen LogP contribution in [0.2, 0.25) is 5.15 Å². The molecule has 0 bridgehead atoms. The standard InChI is InChI=1S/C8H9ClN2O/c1-2-3-7(12)6-4-5-8(9)11-10-6/h4-5H,2-3H2,1H3. The third kappa shape index (κ3) is 2.27. The predicted molar refractivity (Wildman–Crippen MR) is 46.3 cm³/mol. The van der Waals surface area contributed by atoms with Gasteiger partial charge in [0.25, 0.3) is 0 Å². The van der Waals surface area contributed by atoms with Crippen molar-refractivity contribution >= 4 is 17.4 Å². The monoisotopic (exact) mass is 184 g/mol. The predicted octanol–water partition coefficient (Wildman–Crippen LogP) is 2.11. The molecule has 0 aromatic carbocycles. The van der Waals surface area contributed by atoms with E-state index in [1.807, 2.05) is 6.92 Å². The highest BCUT2D eigenvalue weighted by Crippen LogP contribution is 2.05. The minimum atomic E-state index is 0.0154. The Morgan fingerprint density at radius 2 is 2.25 bits per heavy atom. The lowest BCUT2D eigenvalue weighted by molar-refractivity contribution is 0.0976. The lowest BCUT2D eigenvalue weighted by Gasteiger charge is -1.95. The van der Waals surface area contributed by atoms with Crippen molar-refractivity contribution in [1.29, 1.82) is 0 Å². The summed E-state index contributed by atoms with van der Waals surface area (Å²) >= 11 is 5.51. The summed E-state index contributed by atoms with van der Waals surface area (Å²) < 4.78 is 0. The van der Waals surface area contributed by atoms with Crippen molar-refractivity contribution in [3.8, 4) is 0 Å². The summed E-state index contributed by atoms with van der Waals surface area (Å²) in [6, 6.07) is 3.16. The average molecular weight is 185 g/mol. The van der Waals surface area contributed by atoms with Gasteiger partial charge < -0.3 is 0 Å². The summed E-state index contributed by atoms with van der Waals surface area (Å²) in [6.45, 7) is 1.95. The molecular formula is C8H9ClN2O. The molecule has 0 aliphatic heterocycles. The van der Waals surface area contributed by atoms with Crippen LogP contribution >= 0.6 is 11.6 Å². The molecule has 0 fully saturated rings. The van der Waals surface area contributed by atoms with Gasteiger partial charge in [-0.05, 0) is 18.6 Å². The lowest BCUT2D eigenvalue weighted by atomic mass is 10.2. The van der Waals surface area contributed by atoms with E-state index in [9.17, 15) is 4.79 Å². The molecule has 0 unspecified atom stereocenters. The molecular weight excluding hydrogens is 176 g/mol. The first-order valence-corrected chi connectivity index (χ1v) is 4.14. The van der Waals surface area contributed by atoms with Crippen LogP contribution in [0.5, 0.6) is 0 Å². The minimum absolute atomic E-state index is 0.0154. The first kappa shape index (κ1) is 9.13. The fourth-order valence-corrected chi connectivity index (χ4v) is 0.921. The van der Waals surface area contributed by atoms with E-state index in [-0.39, 0.29) is 5.78 Å². The van der Waals surface area contributed by atoms with Crippen molar-refractivity contribution in [1.82, 2.24) is 10.2 Å². The summed E-state index contributed by atoms with van der Waals surface area (Å²) in [7, 11) is 0. The van der Waals surface area contributed by atoms with Crippen LogP contribution in [-0.2, 0) is 0 Å². The van der Waals surface area contributed by atoms with Gasteiger partial charge in [-0.15, -0.1) is 10.2 Å². The van der Waals surface area contributed by atoms with E-state index in [0.717, 1.165) is 6.42 Å². The molecule has 0 aliphatic carbocycles. The minimum Gasteiger partial charge on any atom is -0.292 e. The third-order valence-electron chi connectivity index (χ3n) is 1.39. The maximum atomic E-state index is 11.2. The maximum absolute atomic E-state index is 11.2. The number of nitrogens with zero attached hydrogens (tertiary/aromatic N) is 2. The highest BCUT2D eigenvalue weighted by atomic mass is 35.5. The van der Waals surface area contributed by atoms with E-state index in [1.54, 1.807) is 12.1 Å². The first-order chi connectivity index (χ1) is 5.74. The van der Waals surface area contributed by atoms with E-state index >= 15 is 0 Å². The Labute approximate surface area is 75.8 Å². The summed E-state index contributed by atoms with van der Waals surface area (Å²) in [5.74, 6) is 0.0154. The second kappa shape index (κ2) is 4.16. The van der Waals surface area contributed by atoms with Crippen LogP contribution < -0.4 is 0 Å². The molecule has 0 saturated heterocycles. The number of hydrogen-bond donors (Lipinski definition) is 0. The number of rotatable bonds is 3. The normalized spacial score (nSPS) is 9.83. The van der Waals surface area contributed by atoms with Crippen LogP contribution in [0.3, 0.4) is 0 Å². The highest BCUT2D eigenvalue weighted by Gasteiger charge is 2.05. The molecule has 0 amide bonds. The number of ketones is 1. The molecule has 3 nitrogen and oxygen atoms in total. The topological polar surface area (TPSA) is 42.9 Å². The van der Waals surface area contributed by atoms with Gasteiger partial charge in [0.05, 0.1) is 0 Å². The zero-order chi connectivity index (χ0) is 8.97. The largest absolute Gasteiger partial charge is 0.292 e. The molecule has 0 saturated carbocycles. The quantitative estimate of drug-likeness (QED) is 0.676. The van der Waals surface area contributed by atoms with Crippen molar-refractivity contribution in [3.05, 3.63) is 23.0 Å². The molecule has 4 heteroatoms. The Bertz CT molecular complexity index is 271. The van der Waals surface area contributed by atoms with Crippen molar-refractivity contribution in [2.75, 3.05) is 0 Å². The summed E-state index contributed by atoms with van der Waals surface area (Å²) in [5, 5.41) is 7.55. The van der Waals surface area contributed by atoms with Gasteiger partial charge >= 0.3 is 0 Å². The molecule has 0 atom stereocenters. The van der Waals surface area contributed by atoms with Crippen molar-refractivity contribution < 1.29 is 4.79 Å². The van der Waals surface area contributed by atoms with Crippen LogP contribution in [0.1, 0.15) is 30.3 Å². The van der Waals surface area contributed by atoms with Crippen LogP contribution in [0.4, 0.5) is 0 Å².